The van der Waals surface area contributed by atoms with E-state index in [2.05, 4.69) is 73.0 Å². The third-order valence-corrected chi connectivity index (χ3v) is 3.08. The van der Waals surface area contributed by atoms with Gasteiger partial charge in [0, 0.05) is 23.5 Å². The maximum atomic E-state index is 3.52. The maximum absolute atomic E-state index is 3.52. The van der Waals surface area contributed by atoms with E-state index in [0.717, 1.165) is 6.42 Å². The van der Waals surface area contributed by atoms with Gasteiger partial charge in [-0.1, -0.05) is 36.4 Å². The molecule has 0 radical (unpaired) electrons. The van der Waals surface area contributed by atoms with Crippen molar-refractivity contribution in [2.75, 3.05) is 10.6 Å². The number of rotatable bonds is 6. The lowest BCUT2D eigenvalue weighted by Gasteiger charge is -2.21. The summed E-state index contributed by atoms with van der Waals surface area (Å²) in [4.78, 5) is 0. The lowest BCUT2D eigenvalue weighted by atomic mass is 10.1. The average molecular weight is 254 g/mol. The van der Waals surface area contributed by atoms with Crippen molar-refractivity contribution in [3.8, 4) is 0 Å². The molecule has 2 nitrogen and oxygen atoms in total. The Morgan fingerprint density at radius 3 is 1.42 bits per heavy atom. The van der Waals surface area contributed by atoms with E-state index in [0.29, 0.717) is 12.1 Å². The molecule has 0 fully saturated rings. The molecule has 2 rings (SSSR count). The summed E-state index contributed by atoms with van der Waals surface area (Å²) in [6.45, 7) is 4.44. The third-order valence-electron chi connectivity index (χ3n) is 3.08. The van der Waals surface area contributed by atoms with Crippen LogP contribution in [0.5, 0.6) is 0 Å². The molecule has 2 N–H and O–H groups in total. The molecule has 19 heavy (non-hydrogen) atoms. The Balaban J connectivity index is 1.80. The van der Waals surface area contributed by atoms with Gasteiger partial charge in [-0.05, 0) is 44.5 Å². The standard InChI is InChI=1S/C17H22N2/c1-14(18-16-9-5-3-6-10-16)13-15(2)19-17-11-7-4-8-12-17/h3-12,14-15,18-19H,13H2,1-2H3. The van der Waals surface area contributed by atoms with E-state index in [1.54, 1.807) is 0 Å². The van der Waals surface area contributed by atoms with Gasteiger partial charge < -0.3 is 10.6 Å². The molecular weight excluding hydrogens is 232 g/mol. The zero-order valence-corrected chi connectivity index (χ0v) is 11.6. The number of para-hydroxylation sites is 2. The number of benzene rings is 2. The van der Waals surface area contributed by atoms with Crippen LogP contribution in [-0.4, -0.2) is 12.1 Å². The summed E-state index contributed by atoms with van der Waals surface area (Å²) >= 11 is 0. The fraction of sp³-hybridized carbons (Fsp3) is 0.294. The van der Waals surface area contributed by atoms with Crippen LogP contribution >= 0.6 is 0 Å². The predicted octanol–water partition coefficient (Wildman–Crippen LogP) is 4.38. The molecule has 2 unspecified atom stereocenters. The normalized spacial score (nSPS) is 13.6. The second-order valence-electron chi connectivity index (χ2n) is 5.06. The highest BCUT2D eigenvalue weighted by atomic mass is 14.9. The van der Waals surface area contributed by atoms with Gasteiger partial charge in [-0.25, -0.2) is 0 Å². The van der Waals surface area contributed by atoms with Gasteiger partial charge in [0.2, 0.25) is 0 Å². The van der Waals surface area contributed by atoms with E-state index in [1.165, 1.54) is 11.4 Å². The predicted molar refractivity (Wildman–Crippen MR) is 83.7 cm³/mol. The second-order valence-corrected chi connectivity index (χ2v) is 5.06. The van der Waals surface area contributed by atoms with Gasteiger partial charge in [0.15, 0.2) is 0 Å². The van der Waals surface area contributed by atoms with Crippen molar-refractivity contribution in [2.24, 2.45) is 0 Å². The third kappa shape index (κ3) is 4.66. The monoisotopic (exact) mass is 254 g/mol. The van der Waals surface area contributed by atoms with Crippen molar-refractivity contribution in [3.05, 3.63) is 60.7 Å². The first kappa shape index (κ1) is 13.5. The zero-order valence-electron chi connectivity index (χ0n) is 11.6. The minimum atomic E-state index is 0.439. The van der Waals surface area contributed by atoms with Gasteiger partial charge >= 0.3 is 0 Å². The molecule has 2 aromatic rings. The fourth-order valence-electron chi connectivity index (χ4n) is 2.29. The van der Waals surface area contributed by atoms with Gasteiger partial charge in [0.25, 0.3) is 0 Å². The van der Waals surface area contributed by atoms with Crippen molar-refractivity contribution in [3.63, 3.8) is 0 Å². The molecule has 2 heteroatoms. The smallest absolute Gasteiger partial charge is 0.0342 e. The van der Waals surface area contributed by atoms with Gasteiger partial charge in [-0.15, -0.1) is 0 Å². The van der Waals surface area contributed by atoms with E-state index in [9.17, 15) is 0 Å². The summed E-state index contributed by atoms with van der Waals surface area (Å²) in [7, 11) is 0. The highest BCUT2D eigenvalue weighted by molar-refractivity contribution is 5.44. The second kappa shape index (κ2) is 6.83. The van der Waals surface area contributed by atoms with Crippen molar-refractivity contribution >= 4 is 11.4 Å². The maximum Gasteiger partial charge on any atom is 0.0342 e. The van der Waals surface area contributed by atoms with Crippen molar-refractivity contribution in [1.29, 1.82) is 0 Å². The number of hydrogen-bond donors (Lipinski definition) is 2. The Morgan fingerprint density at radius 2 is 1.05 bits per heavy atom. The first-order valence-corrected chi connectivity index (χ1v) is 6.87. The topological polar surface area (TPSA) is 24.1 Å². The fourth-order valence-corrected chi connectivity index (χ4v) is 2.29. The molecule has 0 saturated carbocycles. The Bertz CT molecular complexity index is 422. The number of hydrogen-bond acceptors (Lipinski definition) is 2. The summed E-state index contributed by atoms with van der Waals surface area (Å²) in [6.07, 6.45) is 1.07. The van der Waals surface area contributed by atoms with Crippen LogP contribution in [0.15, 0.2) is 60.7 Å². The SMILES string of the molecule is CC(CC(C)Nc1ccccc1)Nc1ccccc1. The molecule has 0 aliphatic heterocycles. The number of nitrogens with one attached hydrogen (secondary N) is 2. The van der Waals surface area contributed by atoms with E-state index in [-0.39, 0.29) is 0 Å². The van der Waals surface area contributed by atoms with E-state index < -0.39 is 0 Å². The van der Waals surface area contributed by atoms with Crippen molar-refractivity contribution < 1.29 is 0 Å². The van der Waals surface area contributed by atoms with Gasteiger partial charge in [0.1, 0.15) is 0 Å². The van der Waals surface area contributed by atoms with Crippen LogP contribution in [0.25, 0.3) is 0 Å². The van der Waals surface area contributed by atoms with Crippen LogP contribution in [-0.2, 0) is 0 Å². The highest BCUT2D eigenvalue weighted by Crippen LogP contribution is 2.13. The summed E-state index contributed by atoms with van der Waals surface area (Å²) < 4.78 is 0. The quantitative estimate of drug-likeness (QED) is 0.799. The molecule has 0 aliphatic carbocycles. The zero-order chi connectivity index (χ0) is 13.5. The molecule has 0 spiro atoms. The minimum absolute atomic E-state index is 0.439. The molecule has 2 aromatic carbocycles. The first-order valence-electron chi connectivity index (χ1n) is 6.87. The van der Waals surface area contributed by atoms with Gasteiger partial charge in [-0.2, -0.15) is 0 Å². The molecule has 2 atom stereocenters. The Labute approximate surface area is 115 Å². The Hall–Kier alpha value is -1.96. The summed E-state index contributed by atoms with van der Waals surface area (Å²) in [6, 6.07) is 21.6. The lowest BCUT2D eigenvalue weighted by Crippen LogP contribution is -2.25. The van der Waals surface area contributed by atoms with Crippen LogP contribution in [0.3, 0.4) is 0 Å². The molecule has 0 aliphatic rings. The van der Waals surface area contributed by atoms with Crippen molar-refractivity contribution in [1.82, 2.24) is 0 Å². The van der Waals surface area contributed by atoms with Gasteiger partial charge in [0.05, 0.1) is 0 Å². The van der Waals surface area contributed by atoms with Gasteiger partial charge in [-0.3, -0.25) is 0 Å². The molecule has 0 saturated heterocycles. The molecular formula is C17H22N2. The average Bonchev–Trinajstić information content (AvgIpc) is 2.40. The molecule has 0 amide bonds. The van der Waals surface area contributed by atoms with Crippen LogP contribution in [0.2, 0.25) is 0 Å². The Kier molecular flexibility index (Phi) is 4.85. The largest absolute Gasteiger partial charge is 0.383 e. The lowest BCUT2D eigenvalue weighted by molar-refractivity contribution is 0.634. The van der Waals surface area contributed by atoms with Crippen LogP contribution in [0.4, 0.5) is 11.4 Å². The van der Waals surface area contributed by atoms with E-state index in [1.807, 2.05) is 12.1 Å². The molecule has 0 bridgehead atoms. The summed E-state index contributed by atoms with van der Waals surface area (Å²) in [5.41, 5.74) is 2.36. The van der Waals surface area contributed by atoms with E-state index >= 15 is 0 Å². The molecule has 0 heterocycles. The van der Waals surface area contributed by atoms with Crippen LogP contribution in [0, 0.1) is 0 Å². The minimum Gasteiger partial charge on any atom is -0.383 e. The Morgan fingerprint density at radius 1 is 0.684 bits per heavy atom. The molecule has 100 valence electrons. The van der Waals surface area contributed by atoms with Crippen molar-refractivity contribution in [2.45, 2.75) is 32.4 Å². The number of anilines is 2. The first-order chi connectivity index (χ1) is 9.24. The van der Waals surface area contributed by atoms with Crippen LogP contribution in [0.1, 0.15) is 20.3 Å². The summed E-state index contributed by atoms with van der Waals surface area (Å²) in [5.74, 6) is 0. The highest BCUT2D eigenvalue weighted by Gasteiger charge is 2.08. The molecule has 0 aromatic heterocycles. The summed E-state index contributed by atoms with van der Waals surface area (Å²) in [5, 5.41) is 7.04. The van der Waals surface area contributed by atoms with Crippen LogP contribution < -0.4 is 10.6 Å². The van der Waals surface area contributed by atoms with E-state index in [4.69, 9.17) is 0 Å².